The molecular weight excluding hydrogens is 150 g/mol. The average molecular weight is 161 g/mol. The van der Waals surface area contributed by atoms with Crippen molar-refractivity contribution in [1.29, 1.82) is 0 Å². The normalized spacial score (nSPS) is 9.17. The molecule has 1 rings (SSSR count). The fourth-order valence-electron chi connectivity index (χ4n) is 1.02. The Balaban J connectivity index is 2.89. The van der Waals surface area contributed by atoms with Gasteiger partial charge in [0.15, 0.2) is 0 Å². The number of hydrogen-bond donors (Lipinski definition) is 0. The Morgan fingerprint density at radius 1 is 1.33 bits per heavy atom. The van der Waals surface area contributed by atoms with Crippen LogP contribution in [0.2, 0.25) is 0 Å². The lowest BCUT2D eigenvalue weighted by atomic mass is 10.1. The standard InChI is InChI=1S/C9H11N3/c1-7-3-4-9(5-8(7)2)6-11-12-10/h3-5H,6H2,1-2H3. The Morgan fingerprint density at radius 2 is 2.08 bits per heavy atom. The fraction of sp³-hybridized carbons (Fsp3) is 0.333. The number of rotatable bonds is 2. The zero-order valence-electron chi connectivity index (χ0n) is 7.28. The van der Waals surface area contributed by atoms with Gasteiger partial charge in [-0.2, -0.15) is 0 Å². The molecule has 0 unspecified atom stereocenters. The van der Waals surface area contributed by atoms with Crippen LogP contribution in [0.15, 0.2) is 23.3 Å². The molecule has 0 N–H and O–H groups in total. The molecule has 1 aromatic rings. The molecule has 3 nitrogen and oxygen atoms in total. The van der Waals surface area contributed by atoms with Gasteiger partial charge in [-0.3, -0.25) is 0 Å². The second-order valence-corrected chi connectivity index (χ2v) is 2.81. The van der Waals surface area contributed by atoms with Crippen molar-refractivity contribution in [2.24, 2.45) is 5.11 Å². The van der Waals surface area contributed by atoms with E-state index in [-0.39, 0.29) is 0 Å². The van der Waals surface area contributed by atoms with Crippen molar-refractivity contribution < 1.29 is 0 Å². The first-order valence-electron chi connectivity index (χ1n) is 3.81. The summed E-state index contributed by atoms with van der Waals surface area (Å²) in [6, 6.07) is 6.07. The first kappa shape index (κ1) is 8.62. The maximum Gasteiger partial charge on any atom is 0.0510 e. The highest BCUT2D eigenvalue weighted by Crippen LogP contribution is 2.10. The van der Waals surface area contributed by atoms with Gasteiger partial charge in [-0.05, 0) is 36.1 Å². The van der Waals surface area contributed by atoms with Crippen molar-refractivity contribution in [2.45, 2.75) is 20.4 Å². The highest BCUT2D eigenvalue weighted by Gasteiger charge is 1.93. The van der Waals surface area contributed by atoms with Gasteiger partial charge < -0.3 is 0 Å². The van der Waals surface area contributed by atoms with Crippen LogP contribution in [0.4, 0.5) is 0 Å². The topological polar surface area (TPSA) is 48.8 Å². The first-order valence-corrected chi connectivity index (χ1v) is 3.81. The smallest absolute Gasteiger partial charge is 0.0510 e. The van der Waals surface area contributed by atoms with E-state index in [1.54, 1.807) is 0 Å². The van der Waals surface area contributed by atoms with Crippen LogP contribution in [-0.2, 0) is 6.54 Å². The van der Waals surface area contributed by atoms with Crippen LogP contribution >= 0.6 is 0 Å². The van der Waals surface area contributed by atoms with Crippen LogP contribution < -0.4 is 0 Å². The minimum Gasteiger partial charge on any atom is -0.0893 e. The van der Waals surface area contributed by atoms with Crippen LogP contribution in [0.5, 0.6) is 0 Å². The molecule has 0 bridgehead atoms. The lowest BCUT2D eigenvalue weighted by Gasteiger charge is -2.01. The molecule has 0 aliphatic carbocycles. The van der Waals surface area contributed by atoms with Crippen molar-refractivity contribution in [3.8, 4) is 0 Å². The molecule has 0 heterocycles. The number of benzene rings is 1. The lowest BCUT2D eigenvalue weighted by molar-refractivity contribution is 1.04. The molecule has 12 heavy (non-hydrogen) atoms. The Kier molecular flexibility index (Phi) is 2.72. The van der Waals surface area contributed by atoms with Crippen LogP contribution in [0, 0.1) is 13.8 Å². The van der Waals surface area contributed by atoms with Gasteiger partial charge in [-0.15, -0.1) is 0 Å². The predicted molar refractivity (Wildman–Crippen MR) is 48.8 cm³/mol. The van der Waals surface area contributed by atoms with Gasteiger partial charge in [0.2, 0.25) is 0 Å². The predicted octanol–water partition coefficient (Wildman–Crippen LogP) is 3.11. The molecule has 0 amide bonds. The molecule has 1 aromatic carbocycles. The van der Waals surface area contributed by atoms with Crippen molar-refractivity contribution in [3.63, 3.8) is 0 Å². The van der Waals surface area contributed by atoms with E-state index >= 15 is 0 Å². The molecule has 0 fully saturated rings. The molecule has 0 aromatic heterocycles. The summed E-state index contributed by atoms with van der Waals surface area (Å²) < 4.78 is 0. The second kappa shape index (κ2) is 3.79. The van der Waals surface area contributed by atoms with E-state index in [0.29, 0.717) is 6.54 Å². The molecule has 3 heteroatoms. The summed E-state index contributed by atoms with van der Waals surface area (Å²) in [7, 11) is 0. The Morgan fingerprint density at radius 3 is 2.67 bits per heavy atom. The highest BCUT2D eigenvalue weighted by atomic mass is 15.1. The van der Waals surface area contributed by atoms with Crippen LogP contribution in [0.3, 0.4) is 0 Å². The van der Waals surface area contributed by atoms with Crippen molar-refractivity contribution in [2.75, 3.05) is 0 Å². The molecule has 0 aliphatic rings. The molecule has 0 atom stereocenters. The van der Waals surface area contributed by atoms with E-state index in [1.165, 1.54) is 11.1 Å². The van der Waals surface area contributed by atoms with Crippen LogP contribution in [-0.4, -0.2) is 0 Å². The summed E-state index contributed by atoms with van der Waals surface area (Å²) in [4.78, 5) is 2.71. The largest absolute Gasteiger partial charge is 0.0893 e. The summed E-state index contributed by atoms with van der Waals surface area (Å²) in [6.45, 7) is 4.55. The van der Waals surface area contributed by atoms with Crippen LogP contribution in [0.1, 0.15) is 16.7 Å². The molecule has 0 radical (unpaired) electrons. The third kappa shape index (κ3) is 2.01. The third-order valence-corrected chi connectivity index (χ3v) is 1.89. The van der Waals surface area contributed by atoms with Gasteiger partial charge in [-0.1, -0.05) is 23.3 Å². The quantitative estimate of drug-likeness (QED) is 0.363. The minimum absolute atomic E-state index is 0.442. The third-order valence-electron chi connectivity index (χ3n) is 1.89. The van der Waals surface area contributed by atoms with Crippen molar-refractivity contribution in [1.82, 2.24) is 0 Å². The molecule has 0 spiro atoms. The Labute approximate surface area is 71.7 Å². The van der Waals surface area contributed by atoms with Gasteiger partial charge in [0.05, 0.1) is 6.54 Å². The number of nitrogens with zero attached hydrogens (tertiary/aromatic N) is 3. The van der Waals surface area contributed by atoms with Gasteiger partial charge in [0.25, 0.3) is 0 Å². The van der Waals surface area contributed by atoms with E-state index in [0.717, 1.165) is 5.56 Å². The molecular formula is C9H11N3. The summed E-state index contributed by atoms with van der Waals surface area (Å²) in [5, 5.41) is 3.49. The summed E-state index contributed by atoms with van der Waals surface area (Å²) in [5.41, 5.74) is 11.7. The van der Waals surface area contributed by atoms with Crippen LogP contribution in [0.25, 0.3) is 10.4 Å². The van der Waals surface area contributed by atoms with E-state index in [1.807, 2.05) is 18.2 Å². The SMILES string of the molecule is Cc1ccc(CN=[N+]=[N-])cc1C. The first-order chi connectivity index (χ1) is 5.74. The maximum atomic E-state index is 8.11. The summed E-state index contributed by atoms with van der Waals surface area (Å²) >= 11 is 0. The number of azide groups is 1. The van der Waals surface area contributed by atoms with Gasteiger partial charge in [-0.25, -0.2) is 0 Å². The zero-order valence-corrected chi connectivity index (χ0v) is 7.28. The Hall–Kier alpha value is -1.47. The van der Waals surface area contributed by atoms with Crippen molar-refractivity contribution in [3.05, 3.63) is 45.3 Å². The Bertz CT molecular complexity index is 325. The second-order valence-electron chi connectivity index (χ2n) is 2.81. The van der Waals surface area contributed by atoms with Gasteiger partial charge in [0.1, 0.15) is 0 Å². The number of aryl methyl sites for hydroxylation is 2. The molecule has 0 saturated carbocycles. The average Bonchev–Trinajstić information content (AvgIpc) is 2.07. The highest BCUT2D eigenvalue weighted by molar-refractivity contribution is 5.29. The van der Waals surface area contributed by atoms with Crippen molar-refractivity contribution >= 4 is 0 Å². The minimum atomic E-state index is 0.442. The summed E-state index contributed by atoms with van der Waals surface area (Å²) in [5.74, 6) is 0. The fourth-order valence-corrected chi connectivity index (χ4v) is 1.02. The molecule has 0 saturated heterocycles. The maximum absolute atomic E-state index is 8.11. The van der Waals surface area contributed by atoms with E-state index in [2.05, 4.69) is 23.9 Å². The van der Waals surface area contributed by atoms with Gasteiger partial charge in [0, 0.05) is 4.91 Å². The zero-order chi connectivity index (χ0) is 8.97. The monoisotopic (exact) mass is 161 g/mol. The van der Waals surface area contributed by atoms with E-state index in [9.17, 15) is 0 Å². The van der Waals surface area contributed by atoms with E-state index < -0.39 is 0 Å². The van der Waals surface area contributed by atoms with E-state index in [4.69, 9.17) is 5.53 Å². The summed E-state index contributed by atoms with van der Waals surface area (Å²) in [6.07, 6.45) is 0. The lowest BCUT2D eigenvalue weighted by Crippen LogP contribution is -1.85. The molecule has 62 valence electrons. The number of hydrogen-bond acceptors (Lipinski definition) is 1. The molecule has 0 aliphatic heterocycles. The van der Waals surface area contributed by atoms with Gasteiger partial charge >= 0.3 is 0 Å².